The van der Waals surface area contributed by atoms with Crippen molar-refractivity contribution in [1.82, 2.24) is 0 Å². The SMILES string of the molecule is COC1C=CC=CC1C(C)=O. The average molecular weight is 152 g/mol. The fourth-order valence-electron chi connectivity index (χ4n) is 1.18. The Bertz CT molecular complexity index is 204. The normalized spacial score (nSPS) is 28.9. The minimum absolute atomic E-state index is 0.0718. The molecular weight excluding hydrogens is 140 g/mol. The predicted octanol–water partition coefficient (Wildman–Crippen LogP) is 1.33. The standard InChI is InChI=1S/C9H12O2/c1-7(10)8-5-3-4-6-9(8)11-2/h3-6,8-9H,1-2H3. The largest absolute Gasteiger partial charge is 0.376 e. The van der Waals surface area contributed by atoms with Crippen LogP contribution in [0.4, 0.5) is 0 Å². The zero-order chi connectivity index (χ0) is 8.27. The Kier molecular flexibility index (Phi) is 2.60. The van der Waals surface area contributed by atoms with Crippen LogP contribution in [-0.4, -0.2) is 19.0 Å². The van der Waals surface area contributed by atoms with Crippen molar-refractivity contribution in [3.63, 3.8) is 0 Å². The quantitative estimate of drug-likeness (QED) is 0.596. The van der Waals surface area contributed by atoms with Gasteiger partial charge >= 0.3 is 0 Å². The first-order valence-electron chi connectivity index (χ1n) is 3.64. The lowest BCUT2D eigenvalue weighted by atomic mass is 9.94. The van der Waals surface area contributed by atoms with Crippen LogP contribution in [0.5, 0.6) is 0 Å². The number of hydrogen-bond acceptors (Lipinski definition) is 2. The van der Waals surface area contributed by atoms with E-state index in [9.17, 15) is 4.79 Å². The molecule has 0 spiro atoms. The van der Waals surface area contributed by atoms with Gasteiger partial charge in [-0.05, 0) is 6.92 Å². The van der Waals surface area contributed by atoms with Crippen molar-refractivity contribution in [2.45, 2.75) is 13.0 Å². The third-order valence-electron chi connectivity index (χ3n) is 1.83. The molecule has 1 aliphatic rings. The lowest BCUT2D eigenvalue weighted by Gasteiger charge is -2.19. The van der Waals surface area contributed by atoms with E-state index >= 15 is 0 Å². The average Bonchev–Trinajstić information content (AvgIpc) is 2.04. The summed E-state index contributed by atoms with van der Waals surface area (Å²) in [6.07, 6.45) is 7.47. The number of allylic oxidation sites excluding steroid dienone is 2. The van der Waals surface area contributed by atoms with Gasteiger partial charge in [-0.2, -0.15) is 0 Å². The summed E-state index contributed by atoms with van der Waals surface area (Å²) in [6.45, 7) is 1.58. The molecular formula is C9H12O2. The Hall–Kier alpha value is -0.890. The van der Waals surface area contributed by atoms with Gasteiger partial charge in [-0.3, -0.25) is 4.79 Å². The summed E-state index contributed by atoms with van der Waals surface area (Å²) in [5.74, 6) is 0.0578. The topological polar surface area (TPSA) is 26.3 Å². The number of carbonyl (C=O) groups is 1. The van der Waals surface area contributed by atoms with E-state index in [0.717, 1.165) is 0 Å². The summed E-state index contributed by atoms with van der Waals surface area (Å²) in [4.78, 5) is 11.0. The van der Waals surface area contributed by atoms with Gasteiger partial charge in [0.15, 0.2) is 0 Å². The summed E-state index contributed by atoms with van der Waals surface area (Å²) in [5, 5.41) is 0. The van der Waals surface area contributed by atoms with E-state index in [0.29, 0.717) is 0 Å². The van der Waals surface area contributed by atoms with Crippen LogP contribution in [0, 0.1) is 5.92 Å². The van der Waals surface area contributed by atoms with Gasteiger partial charge in [0.2, 0.25) is 0 Å². The van der Waals surface area contributed by atoms with E-state index in [-0.39, 0.29) is 17.8 Å². The molecule has 60 valence electrons. The second-order valence-electron chi connectivity index (χ2n) is 2.61. The molecule has 2 atom stereocenters. The maximum absolute atomic E-state index is 11.0. The molecule has 11 heavy (non-hydrogen) atoms. The molecule has 0 aromatic carbocycles. The van der Waals surface area contributed by atoms with Gasteiger partial charge in [0.05, 0.1) is 12.0 Å². The number of ketones is 1. The minimum atomic E-state index is -0.0926. The molecule has 0 heterocycles. The minimum Gasteiger partial charge on any atom is -0.376 e. The van der Waals surface area contributed by atoms with Crippen LogP contribution in [0.3, 0.4) is 0 Å². The van der Waals surface area contributed by atoms with Crippen molar-refractivity contribution in [3.05, 3.63) is 24.3 Å². The molecule has 2 heteroatoms. The second kappa shape index (κ2) is 3.49. The summed E-state index contributed by atoms with van der Waals surface area (Å²) in [5.41, 5.74) is 0. The number of carbonyl (C=O) groups excluding carboxylic acids is 1. The fraction of sp³-hybridized carbons (Fsp3) is 0.444. The summed E-state index contributed by atoms with van der Waals surface area (Å²) in [6, 6.07) is 0. The maximum atomic E-state index is 11.0. The molecule has 0 radical (unpaired) electrons. The Morgan fingerprint density at radius 2 is 2.00 bits per heavy atom. The van der Waals surface area contributed by atoms with Crippen LogP contribution in [0.2, 0.25) is 0 Å². The zero-order valence-electron chi connectivity index (χ0n) is 6.78. The molecule has 2 nitrogen and oxygen atoms in total. The Labute approximate surface area is 66.5 Å². The van der Waals surface area contributed by atoms with Crippen molar-refractivity contribution < 1.29 is 9.53 Å². The lowest BCUT2D eigenvalue weighted by Crippen LogP contribution is -2.26. The van der Waals surface area contributed by atoms with Crippen LogP contribution >= 0.6 is 0 Å². The van der Waals surface area contributed by atoms with E-state index in [1.807, 2.05) is 24.3 Å². The van der Waals surface area contributed by atoms with E-state index in [4.69, 9.17) is 4.74 Å². The fourth-order valence-corrected chi connectivity index (χ4v) is 1.18. The molecule has 0 aliphatic heterocycles. The number of Topliss-reactive ketones (excluding diaryl/α,β-unsaturated/α-hetero) is 1. The van der Waals surface area contributed by atoms with Crippen molar-refractivity contribution in [3.8, 4) is 0 Å². The van der Waals surface area contributed by atoms with E-state index in [1.54, 1.807) is 14.0 Å². The first-order valence-corrected chi connectivity index (χ1v) is 3.64. The summed E-state index contributed by atoms with van der Waals surface area (Å²) < 4.78 is 5.11. The molecule has 0 N–H and O–H groups in total. The van der Waals surface area contributed by atoms with Crippen LogP contribution < -0.4 is 0 Å². The third kappa shape index (κ3) is 1.77. The van der Waals surface area contributed by atoms with Gasteiger partial charge in [-0.25, -0.2) is 0 Å². The highest BCUT2D eigenvalue weighted by Gasteiger charge is 2.21. The highest BCUT2D eigenvalue weighted by Crippen LogP contribution is 2.15. The molecule has 0 aromatic heterocycles. The number of rotatable bonds is 2. The van der Waals surface area contributed by atoms with E-state index in [2.05, 4.69) is 0 Å². The first-order chi connectivity index (χ1) is 5.25. The molecule has 1 aliphatic carbocycles. The van der Waals surface area contributed by atoms with Gasteiger partial charge in [-0.15, -0.1) is 0 Å². The van der Waals surface area contributed by atoms with Gasteiger partial charge < -0.3 is 4.74 Å². The van der Waals surface area contributed by atoms with Gasteiger partial charge in [-0.1, -0.05) is 24.3 Å². The van der Waals surface area contributed by atoms with Crippen molar-refractivity contribution in [2.75, 3.05) is 7.11 Å². The highest BCUT2D eigenvalue weighted by atomic mass is 16.5. The van der Waals surface area contributed by atoms with Crippen molar-refractivity contribution in [2.24, 2.45) is 5.92 Å². The second-order valence-corrected chi connectivity index (χ2v) is 2.61. The Morgan fingerprint density at radius 3 is 2.45 bits per heavy atom. The molecule has 0 amide bonds. The third-order valence-corrected chi connectivity index (χ3v) is 1.83. The summed E-state index contributed by atoms with van der Waals surface area (Å²) >= 11 is 0. The molecule has 0 fully saturated rings. The Morgan fingerprint density at radius 1 is 1.36 bits per heavy atom. The van der Waals surface area contributed by atoms with Crippen molar-refractivity contribution in [1.29, 1.82) is 0 Å². The molecule has 1 rings (SSSR count). The van der Waals surface area contributed by atoms with Crippen LogP contribution in [-0.2, 0) is 9.53 Å². The van der Waals surface area contributed by atoms with Crippen LogP contribution in [0.1, 0.15) is 6.92 Å². The van der Waals surface area contributed by atoms with Crippen molar-refractivity contribution >= 4 is 5.78 Å². The number of ether oxygens (including phenoxy) is 1. The molecule has 0 bridgehead atoms. The van der Waals surface area contributed by atoms with Crippen LogP contribution in [0.15, 0.2) is 24.3 Å². The molecule has 0 aromatic rings. The summed E-state index contributed by atoms with van der Waals surface area (Å²) in [7, 11) is 1.62. The van der Waals surface area contributed by atoms with E-state index < -0.39 is 0 Å². The maximum Gasteiger partial charge on any atom is 0.139 e. The highest BCUT2D eigenvalue weighted by molar-refractivity contribution is 5.81. The van der Waals surface area contributed by atoms with Gasteiger partial charge in [0, 0.05) is 7.11 Å². The monoisotopic (exact) mass is 152 g/mol. The first kappa shape index (κ1) is 8.21. The molecule has 0 saturated heterocycles. The number of methoxy groups -OCH3 is 1. The molecule has 0 saturated carbocycles. The number of hydrogen-bond donors (Lipinski definition) is 0. The predicted molar refractivity (Wildman–Crippen MR) is 43.2 cm³/mol. The smallest absolute Gasteiger partial charge is 0.139 e. The lowest BCUT2D eigenvalue weighted by molar-refractivity contribution is -0.122. The van der Waals surface area contributed by atoms with Gasteiger partial charge in [0.25, 0.3) is 0 Å². The van der Waals surface area contributed by atoms with E-state index in [1.165, 1.54) is 0 Å². The Balaban J connectivity index is 2.70. The van der Waals surface area contributed by atoms with Crippen LogP contribution in [0.25, 0.3) is 0 Å². The zero-order valence-corrected chi connectivity index (χ0v) is 6.78. The van der Waals surface area contributed by atoms with Gasteiger partial charge in [0.1, 0.15) is 5.78 Å². The molecule has 2 unspecified atom stereocenters.